The predicted octanol–water partition coefficient (Wildman–Crippen LogP) is 7.22. The van der Waals surface area contributed by atoms with Crippen molar-refractivity contribution in [2.45, 2.75) is 70.6 Å². The number of nitrogens with zero attached hydrogens (tertiary/aromatic N) is 6. The Morgan fingerprint density at radius 3 is 2.32 bits per heavy atom. The van der Waals surface area contributed by atoms with E-state index >= 15 is 4.39 Å². The number of anilines is 1. The van der Waals surface area contributed by atoms with Crippen molar-refractivity contribution < 1.29 is 47.2 Å². The van der Waals surface area contributed by atoms with E-state index in [2.05, 4.69) is 25.6 Å². The van der Waals surface area contributed by atoms with Crippen molar-refractivity contribution >= 4 is 58.8 Å². The summed E-state index contributed by atoms with van der Waals surface area (Å²) in [6, 6.07) is 19.5. The highest BCUT2D eigenvalue weighted by atomic mass is 35.5. The quantitative estimate of drug-likeness (QED) is 0.0706. The Morgan fingerprint density at radius 2 is 1.63 bits per heavy atom. The number of benzene rings is 2. The average molecular weight is 889 g/mol. The van der Waals surface area contributed by atoms with Crippen molar-refractivity contribution in [2.75, 3.05) is 18.5 Å². The number of carbonyl (C=O) groups excluding carboxylic acids is 3. The number of rotatable bonds is 13. The number of alkyl halides is 1. The van der Waals surface area contributed by atoms with Crippen LogP contribution in [-0.2, 0) is 41.6 Å². The molecule has 1 saturated heterocycles. The molecule has 0 radical (unpaired) electrons. The van der Waals surface area contributed by atoms with E-state index in [0.29, 0.717) is 12.1 Å². The minimum absolute atomic E-state index is 0.0104. The molecule has 4 atom stereocenters. The highest BCUT2D eigenvalue weighted by Gasteiger charge is 2.59. The summed E-state index contributed by atoms with van der Waals surface area (Å²) in [5, 5.41) is 10.8. The topological polar surface area (TPSA) is 197 Å². The van der Waals surface area contributed by atoms with Gasteiger partial charge in [0, 0.05) is 6.20 Å². The molecule has 1 aliphatic heterocycles. The van der Waals surface area contributed by atoms with Crippen LogP contribution in [0.5, 0.6) is 5.88 Å². The Labute approximate surface area is 356 Å². The van der Waals surface area contributed by atoms with Gasteiger partial charge in [0.1, 0.15) is 35.6 Å². The number of nitrogens with one attached hydrogen (secondary N) is 1. The molecule has 1 aliphatic rings. The van der Waals surface area contributed by atoms with Gasteiger partial charge in [0.25, 0.3) is 0 Å². The molecule has 4 heterocycles. The number of aromatic nitrogens is 6. The Morgan fingerprint density at radius 1 is 0.950 bits per heavy atom. The maximum atomic E-state index is 17.2. The van der Waals surface area contributed by atoms with Crippen LogP contribution < -0.4 is 15.7 Å². The van der Waals surface area contributed by atoms with Crippen LogP contribution in [0.15, 0.2) is 83.9 Å². The van der Waals surface area contributed by atoms with Crippen molar-refractivity contribution in [3.8, 4) is 17.1 Å². The van der Waals surface area contributed by atoms with Crippen LogP contribution in [0.2, 0.25) is 15.2 Å². The number of halogens is 4. The molecule has 3 aromatic heterocycles. The first-order chi connectivity index (χ1) is 28.5. The van der Waals surface area contributed by atoms with Crippen LogP contribution >= 0.6 is 34.8 Å². The number of hydrogen-bond donors (Lipinski definition) is 1. The van der Waals surface area contributed by atoms with Gasteiger partial charge in [-0.25, -0.2) is 28.3 Å². The summed E-state index contributed by atoms with van der Waals surface area (Å²) < 4.78 is 52.3. The van der Waals surface area contributed by atoms with Gasteiger partial charge in [-0.2, -0.15) is 9.97 Å². The molecule has 21 heteroatoms. The Bertz CT molecular complexity index is 2400. The molecule has 0 bridgehead atoms. The normalized spacial score (nSPS) is 18.7. The lowest BCUT2D eigenvalue weighted by molar-refractivity contribution is -0.153. The summed E-state index contributed by atoms with van der Waals surface area (Å²) in [6.07, 6.45) is -4.77. The summed E-state index contributed by atoms with van der Waals surface area (Å²) in [7, 11) is 0. The molecule has 3 unspecified atom stereocenters. The number of hydrogen-bond acceptors (Lipinski definition) is 14. The molecular formula is C39H37Cl3FN7O10. The molecule has 6 rings (SSSR count). The Kier molecular flexibility index (Phi) is 13.6. The van der Waals surface area contributed by atoms with Gasteiger partial charge in [0.05, 0.1) is 23.3 Å². The molecule has 2 aromatic carbocycles. The molecule has 0 spiro atoms. The van der Waals surface area contributed by atoms with Gasteiger partial charge in [-0.3, -0.25) is 9.88 Å². The van der Waals surface area contributed by atoms with Crippen molar-refractivity contribution in [2.24, 2.45) is 0 Å². The lowest BCUT2D eigenvalue weighted by atomic mass is 9.98. The van der Waals surface area contributed by atoms with E-state index in [1.807, 2.05) is 36.4 Å². The van der Waals surface area contributed by atoms with E-state index in [1.165, 1.54) is 16.9 Å². The van der Waals surface area contributed by atoms with Crippen LogP contribution in [0.1, 0.15) is 45.0 Å². The van der Waals surface area contributed by atoms with Crippen LogP contribution in [0, 0.1) is 0 Å². The molecule has 5 aromatic rings. The number of carbonyl (C=O) groups is 3. The second kappa shape index (κ2) is 18.6. The van der Waals surface area contributed by atoms with E-state index in [9.17, 15) is 19.2 Å². The number of esters is 1. The van der Waals surface area contributed by atoms with Gasteiger partial charge in [-0.15, -0.1) is 5.10 Å². The minimum Gasteiger partial charge on any atom is -0.465 e. The fourth-order valence-electron chi connectivity index (χ4n) is 5.83. The van der Waals surface area contributed by atoms with Crippen LogP contribution in [0.4, 0.5) is 19.8 Å². The third-order valence-corrected chi connectivity index (χ3v) is 9.47. The van der Waals surface area contributed by atoms with Crippen molar-refractivity contribution in [3.63, 3.8) is 0 Å². The van der Waals surface area contributed by atoms with Crippen molar-refractivity contribution in [1.29, 1.82) is 0 Å². The standard InChI is InChI=1S/C39H37Cl3FN7O10/c1-38(2,3)60-37(54)59-30-28(20-55-29(51)21-56-33-26(41)15-25(40)31(42)44-33)58-34(39(30,4)43)50-17-24(27-18-49(48-47-27)16-22-11-7-5-8-12-22)32(45-35(50)52)46-36(53)57-19-23-13-9-6-10-14-23/h5-15,17-18,28,30,34H,16,19-21H2,1-4H3,(H,45,46,52,53)/t28?,30?,34-,39?/m1/s1. The minimum atomic E-state index is -2.72. The molecule has 0 saturated carbocycles. The van der Waals surface area contributed by atoms with E-state index < -0.39 is 66.8 Å². The average Bonchev–Trinajstić information content (AvgIpc) is 3.75. The third-order valence-electron chi connectivity index (χ3n) is 8.52. The van der Waals surface area contributed by atoms with Crippen LogP contribution in [0.25, 0.3) is 11.3 Å². The SMILES string of the molecule is CC(C)(C)OC(=O)OC1C(COC(=O)COc2nc(Cl)c(Cl)cc2Cl)O[C@@H](n2cc(-c3cn(Cc4ccccc4)nn3)c(NC(=O)OCc3ccccc3)nc2=O)C1(C)F. The predicted molar refractivity (Wildman–Crippen MR) is 214 cm³/mol. The molecule has 60 heavy (non-hydrogen) atoms. The first-order valence-corrected chi connectivity index (χ1v) is 19.2. The summed E-state index contributed by atoms with van der Waals surface area (Å²) in [4.78, 5) is 60.5. The molecule has 1 fully saturated rings. The molecular weight excluding hydrogens is 852 g/mol. The van der Waals surface area contributed by atoms with Gasteiger partial charge < -0.3 is 28.4 Å². The lowest BCUT2D eigenvalue weighted by Gasteiger charge is -2.29. The maximum absolute atomic E-state index is 17.2. The second-order valence-electron chi connectivity index (χ2n) is 14.4. The van der Waals surface area contributed by atoms with E-state index in [-0.39, 0.29) is 44.8 Å². The molecule has 1 amide bonds. The summed E-state index contributed by atoms with van der Waals surface area (Å²) >= 11 is 17.9. The zero-order chi connectivity index (χ0) is 43.2. The van der Waals surface area contributed by atoms with Crippen LogP contribution in [0.3, 0.4) is 0 Å². The lowest BCUT2D eigenvalue weighted by Crippen LogP contribution is -2.46. The Hall–Kier alpha value is -5.82. The first-order valence-electron chi connectivity index (χ1n) is 18.1. The molecule has 0 aliphatic carbocycles. The number of pyridine rings is 1. The monoisotopic (exact) mass is 887 g/mol. The third kappa shape index (κ3) is 11.1. The summed E-state index contributed by atoms with van der Waals surface area (Å²) in [5.41, 5.74) is -3.14. The fraction of sp³-hybridized carbons (Fsp3) is 0.333. The fourth-order valence-corrected chi connectivity index (χ4v) is 6.37. The van der Waals surface area contributed by atoms with E-state index in [4.69, 9.17) is 63.2 Å². The van der Waals surface area contributed by atoms with Crippen molar-refractivity contribution in [1.82, 2.24) is 29.5 Å². The highest BCUT2D eigenvalue weighted by molar-refractivity contribution is 6.42. The molecule has 17 nitrogen and oxygen atoms in total. The summed E-state index contributed by atoms with van der Waals surface area (Å²) in [6.45, 7) is 4.51. The van der Waals surface area contributed by atoms with Gasteiger partial charge >= 0.3 is 23.9 Å². The van der Waals surface area contributed by atoms with Gasteiger partial charge in [-0.05, 0) is 44.9 Å². The molecule has 1 N–H and O–H groups in total. The van der Waals surface area contributed by atoms with Gasteiger partial charge in [0.2, 0.25) is 5.88 Å². The van der Waals surface area contributed by atoms with Crippen molar-refractivity contribution in [3.05, 3.63) is 116 Å². The zero-order valence-electron chi connectivity index (χ0n) is 32.3. The highest BCUT2D eigenvalue weighted by Crippen LogP contribution is 2.43. The smallest absolute Gasteiger partial charge is 0.465 e. The maximum Gasteiger partial charge on any atom is 0.509 e. The van der Waals surface area contributed by atoms with E-state index in [1.54, 1.807) is 45.0 Å². The number of amides is 1. The zero-order valence-corrected chi connectivity index (χ0v) is 34.6. The number of ether oxygens (including phenoxy) is 6. The van der Waals surface area contributed by atoms with Crippen LogP contribution in [-0.4, -0.2) is 84.4 Å². The Balaban J connectivity index is 1.29. The first kappa shape index (κ1) is 43.8. The van der Waals surface area contributed by atoms with E-state index in [0.717, 1.165) is 23.3 Å². The second-order valence-corrected chi connectivity index (χ2v) is 15.5. The van der Waals surface area contributed by atoms with Gasteiger partial charge in [0.15, 0.2) is 35.6 Å². The summed E-state index contributed by atoms with van der Waals surface area (Å²) in [5.74, 6) is -1.49. The van der Waals surface area contributed by atoms with Gasteiger partial charge in [-0.1, -0.05) is 101 Å². The largest absolute Gasteiger partial charge is 0.509 e. The molecule has 316 valence electrons.